The molecular weight excluding hydrogens is 185 g/mol. The highest BCUT2D eigenvalue weighted by molar-refractivity contribution is 6.35. The van der Waals surface area contributed by atoms with Gasteiger partial charge in [-0.15, -0.1) is 0 Å². The van der Waals surface area contributed by atoms with Crippen LogP contribution in [-0.4, -0.2) is 11.8 Å². The van der Waals surface area contributed by atoms with E-state index in [9.17, 15) is 0 Å². The minimum Gasteiger partial charge on any atom is -0.377 e. The number of aliphatic hydroxyl groups is 1. The zero-order valence-corrected chi connectivity index (χ0v) is 7.15. The van der Waals surface area contributed by atoms with Crippen LogP contribution in [0, 0.1) is 0 Å². The summed E-state index contributed by atoms with van der Waals surface area (Å²) in [5.74, 6) is 0. The summed E-state index contributed by atoms with van der Waals surface area (Å²) >= 11 is 11.4. The molecule has 2 nitrogen and oxygen atoms in total. The van der Waals surface area contributed by atoms with Crippen LogP contribution in [0.25, 0.3) is 0 Å². The molecular formula is C7H7Cl2NO. The van der Waals surface area contributed by atoms with Crippen LogP contribution in [0.2, 0.25) is 10.0 Å². The molecule has 0 heterocycles. The molecule has 0 aliphatic rings. The zero-order chi connectivity index (χ0) is 8.27. The molecule has 0 unspecified atom stereocenters. The summed E-state index contributed by atoms with van der Waals surface area (Å²) in [6.07, 6.45) is 0. The number of anilines is 1. The molecule has 0 fully saturated rings. The maximum Gasteiger partial charge on any atom is 0.113 e. The van der Waals surface area contributed by atoms with E-state index in [-0.39, 0.29) is 6.73 Å². The van der Waals surface area contributed by atoms with E-state index in [1.807, 2.05) is 0 Å². The van der Waals surface area contributed by atoms with Crippen molar-refractivity contribution >= 4 is 28.9 Å². The second-order valence-electron chi connectivity index (χ2n) is 1.96. The lowest BCUT2D eigenvalue weighted by Crippen LogP contribution is -1.99. The van der Waals surface area contributed by atoms with E-state index in [0.29, 0.717) is 15.7 Å². The maximum atomic E-state index is 8.52. The molecule has 1 aromatic carbocycles. The summed E-state index contributed by atoms with van der Waals surface area (Å²) in [4.78, 5) is 0. The predicted molar refractivity (Wildman–Crippen MR) is 47.2 cm³/mol. The lowest BCUT2D eigenvalue weighted by molar-refractivity contribution is 0.325. The Bertz CT molecular complexity index is 252. The van der Waals surface area contributed by atoms with E-state index in [1.165, 1.54) is 0 Å². The lowest BCUT2D eigenvalue weighted by Gasteiger charge is -2.04. The van der Waals surface area contributed by atoms with Crippen molar-refractivity contribution in [1.29, 1.82) is 0 Å². The van der Waals surface area contributed by atoms with Crippen molar-refractivity contribution < 1.29 is 5.11 Å². The number of aliphatic hydroxyl groups excluding tert-OH is 1. The summed E-state index contributed by atoms with van der Waals surface area (Å²) in [5, 5.41) is 12.3. The average Bonchev–Trinajstić information content (AvgIpc) is 1.98. The second-order valence-corrected chi connectivity index (χ2v) is 2.80. The van der Waals surface area contributed by atoms with Gasteiger partial charge in [0, 0.05) is 5.02 Å². The summed E-state index contributed by atoms with van der Waals surface area (Å²) in [7, 11) is 0. The molecule has 0 saturated carbocycles. The van der Waals surface area contributed by atoms with Crippen LogP contribution >= 0.6 is 23.2 Å². The summed E-state index contributed by atoms with van der Waals surface area (Å²) in [6, 6.07) is 5.01. The van der Waals surface area contributed by atoms with Gasteiger partial charge >= 0.3 is 0 Å². The van der Waals surface area contributed by atoms with Gasteiger partial charge in [0.2, 0.25) is 0 Å². The number of hydrogen-bond acceptors (Lipinski definition) is 2. The summed E-state index contributed by atoms with van der Waals surface area (Å²) in [6.45, 7) is -0.153. The summed E-state index contributed by atoms with van der Waals surface area (Å²) < 4.78 is 0. The molecule has 1 aromatic rings. The largest absolute Gasteiger partial charge is 0.377 e. The van der Waals surface area contributed by atoms with Crippen LogP contribution in [0.1, 0.15) is 0 Å². The van der Waals surface area contributed by atoms with Crippen molar-refractivity contribution in [3.63, 3.8) is 0 Å². The van der Waals surface area contributed by atoms with Crippen molar-refractivity contribution in [1.82, 2.24) is 0 Å². The molecule has 0 bridgehead atoms. The third-order valence-electron chi connectivity index (χ3n) is 1.20. The fourth-order valence-electron chi connectivity index (χ4n) is 0.718. The van der Waals surface area contributed by atoms with Crippen LogP contribution in [0.3, 0.4) is 0 Å². The zero-order valence-electron chi connectivity index (χ0n) is 5.64. The highest BCUT2D eigenvalue weighted by atomic mass is 35.5. The van der Waals surface area contributed by atoms with Crippen molar-refractivity contribution in [3.8, 4) is 0 Å². The molecule has 2 N–H and O–H groups in total. The van der Waals surface area contributed by atoms with E-state index >= 15 is 0 Å². The maximum absolute atomic E-state index is 8.52. The topological polar surface area (TPSA) is 32.3 Å². The molecule has 0 aromatic heterocycles. The number of hydrogen-bond donors (Lipinski definition) is 2. The van der Waals surface area contributed by atoms with Gasteiger partial charge in [-0.25, -0.2) is 0 Å². The number of benzene rings is 1. The Morgan fingerprint density at radius 3 is 2.73 bits per heavy atom. The van der Waals surface area contributed by atoms with Crippen molar-refractivity contribution in [2.45, 2.75) is 0 Å². The Morgan fingerprint density at radius 2 is 2.09 bits per heavy atom. The molecule has 60 valence electrons. The molecule has 11 heavy (non-hydrogen) atoms. The standard InChI is InChI=1S/C7H7Cl2NO/c8-5-1-2-6(9)7(3-5)10-4-11/h1-3,10-11H,4H2. The Hall–Kier alpha value is -0.440. The SMILES string of the molecule is OCNc1cc(Cl)ccc1Cl. The highest BCUT2D eigenvalue weighted by Gasteiger charge is 1.98. The van der Waals surface area contributed by atoms with E-state index in [0.717, 1.165) is 0 Å². The van der Waals surface area contributed by atoms with Gasteiger partial charge in [-0.3, -0.25) is 0 Å². The summed E-state index contributed by atoms with van der Waals surface area (Å²) in [5.41, 5.74) is 0.640. The Morgan fingerprint density at radius 1 is 1.36 bits per heavy atom. The van der Waals surface area contributed by atoms with E-state index < -0.39 is 0 Å². The highest BCUT2D eigenvalue weighted by Crippen LogP contribution is 2.24. The van der Waals surface area contributed by atoms with Crippen molar-refractivity contribution in [3.05, 3.63) is 28.2 Å². The van der Waals surface area contributed by atoms with Crippen molar-refractivity contribution in [2.24, 2.45) is 0 Å². The molecule has 0 aliphatic heterocycles. The van der Waals surface area contributed by atoms with Crippen LogP contribution in [0.5, 0.6) is 0 Å². The van der Waals surface area contributed by atoms with Crippen LogP contribution < -0.4 is 5.32 Å². The van der Waals surface area contributed by atoms with Gasteiger partial charge in [-0.2, -0.15) is 0 Å². The fourth-order valence-corrected chi connectivity index (χ4v) is 1.07. The molecule has 0 spiro atoms. The third-order valence-corrected chi connectivity index (χ3v) is 1.76. The van der Waals surface area contributed by atoms with E-state index in [4.69, 9.17) is 28.3 Å². The Labute approximate surface area is 74.7 Å². The lowest BCUT2D eigenvalue weighted by atomic mass is 10.3. The molecule has 0 saturated heterocycles. The first kappa shape index (κ1) is 8.65. The normalized spacial score (nSPS) is 9.73. The smallest absolute Gasteiger partial charge is 0.113 e. The van der Waals surface area contributed by atoms with Gasteiger partial charge in [0.25, 0.3) is 0 Å². The first-order valence-electron chi connectivity index (χ1n) is 3.04. The number of halogens is 2. The third kappa shape index (κ3) is 2.26. The number of nitrogens with one attached hydrogen (secondary N) is 1. The van der Waals surface area contributed by atoms with Crippen LogP contribution in [-0.2, 0) is 0 Å². The second kappa shape index (κ2) is 3.81. The van der Waals surface area contributed by atoms with Crippen LogP contribution in [0.15, 0.2) is 18.2 Å². The predicted octanol–water partition coefficient (Wildman–Crippen LogP) is 2.36. The molecule has 0 aliphatic carbocycles. The van der Waals surface area contributed by atoms with Gasteiger partial charge in [-0.05, 0) is 18.2 Å². The Kier molecular flexibility index (Phi) is 3.00. The first-order chi connectivity index (χ1) is 5.24. The molecule has 0 atom stereocenters. The Balaban J connectivity index is 2.93. The minimum atomic E-state index is -0.153. The molecule has 0 amide bonds. The molecule has 0 radical (unpaired) electrons. The van der Waals surface area contributed by atoms with Gasteiger partial charge in [0.1, 0.15) is 6.73 Å². The molecule has 1 rings (SSSR count). The van der Waals surface area contributed by atoms with Gasteiger partial charge in [-0.1, -0.05) is 23.2 Å². The average molecular weight is 192 g/mol. The van der Waals surface area contributed by atoms with Gasteiger partial charge < -0.3 is 10.4 Å². The van der Waals surface area contributed by atoms with Gasteiger partial charge in [0.15, 0.2) is 0 Å². The van der Waals surface area contributed by atoms with E-state index in [2.05, 4.69) is 5.32 Å². The number of rotatable bonds is 2. The van der Waals surface area contributed by atoms with E-state index in [1.54, 1.807) is 18.2 Å². The fraction of sp³-hybridized carbons (Fsp3) is 0.143. The molecule has 4 heteroatoms. The monoisotopic (exact) mass is 191 g/mol. The van der Waals surface area contributed by atoms with Crippen molar-refractivity contribution in [2.75, 3.05) is 12.0 Å². The van der Waals surface area contributed by atoms with Gasteiger partial charge in [0.05, 0.1) is 10.7 Å². The van der Waals surface area contributed by atoms with Crippen LogP contribution in [0.4, 0.5) is 5.69 Å². The minimum absolute atomic E-state index is 0.153. The quantitative estimate of drug-likeness (QED) is 0.705. The first-order valence-corrected chi connectivity index (χ1v) is 3.79.